The van der Waals surface area contributed by atoms with Gasteiger partial charge in [-0.2, -0.15) is 0 Å². The second-order valence-electron chi connectivity index (χ2n) is 4.16. The van der Waals surface area contributed by atoms with Crippen LogP contribution in [0.15, 0.2) is 24.3 Å². The van der Waals surface area contributed by atoms with E-state index in [0.29, 0.717) is 13.0 Å². The molecule has 0 saturated carbocycles. The Kier molecular flexibility index (Phi) is 6.81. The predicted octanol–water partition coefficient (Wildman–Crippen LogP) is 0.867. The van der Waals surface area contributed by atoms with Crippen molar-refractivity contribution in [3.05, 3.63) is 29.8 Å². The van der Waals surface area contributed by atoms with Crippen molar-refractivity contribution >= 4 is 24.0 Å². The summed E-state index contributed by atoms with van der Waals surface area (Å²) in [7, 11) is 1.17. The van der Waals surface area contributed by atoms with Crippen LogP contribution in [0.4, 0.5) is 5.69 Å². The van der Waals surface area contributed by atoms with Gasteiger partial charge in [-0.1, -0.05) is 12.1 Å². The minimum Gasteiger partial charge on any atom is -0.462 e. The van der Waals surface area contributed by atoms with E-state index in [9.17, 15) is 14.4 Å². The summed E-state index contributed by atoms with van der Waals surface area (Å²) < 4.78 is 4.29. The zero-order chi connectivity index (χ0) is 14.8. The predicted molar refractivity (Wildman–Crippen MR) is 74.1 cm³/mol. The Hall–Kier alpha value is -2.37. The number of methoxy groups -OCH3 is 1. The molecular formula is C14H18N2O4. The number of rotatable bonds is 7. The number of hydrogen-bond donors (Lipinski definition) is 2. The molecule has 0 unspecified atom stereocenters. The molecule has 1 aromatic carbocycles. The molecule has 0 atom stereocenters. The van der Waals surface area contributed by atoms with Gasteiger partial charge in [0.25, 0.3) is 0 Å². The normalized spacial score (nSPS) is 9.65. The molecule has 6 nitrogen and oxygen atoms in total. The summed E-state index contributed by atoms with van der Waals surface area (Å²) in [5, 5.41) is 5.05. The molecule has 108 valence electrons. The maximum absolute atomic E-state index is 11.1. The molecule has 0 saturated heterocycles. The summed E-state index contributed by atoms with van der Waals surface area (Å²) in [4.78, 5) is 32.2. The second kappa shape index (κ2) is 8.68. The number of aryl methyl sites for hydroxylation is 1. The molecule has 20 heavy (non-hydrogen) atoms. The lowest BCUT2D eigenvalue weighted by Crippen LogP contribution is -2.32. The van der Waals surface area contributed by atoms with E-state index in [2.05, 4.69) is 15.4 Å². The molecule has 0 aliphatic carbocycles. The van der Waals surface area contributed by atoms with Crippen molar-refractivity contribution in [3.8, 4) is 0 Å². The number of unbranched alkanes of at least 4 members (excludes halogenated alkanes) is 1. The number of amides is 2. The largest absolute Gasteiger partial charge is 0.462 e. The summed E-state index contributed by atoms with van der Waals surface area (Å²) in [6.45, 7) is 0.443. The van der Waals surface area contributed by atoms with Gasteiger partial charge in [0, 0.05) is 12.2 Å². The summed E-state index contributed by atoms with van der Waals surface area (Å²) in [6, 6.07) is 7.56. The lowest BCUT2D eigenvalue weighted by atomic mass is 10.1. The van der Waals surface area contributed by atoms with E-state index >= 15 is 0 Å². The van der Waals surface area contributed by atoms with Crippen LogP contribution >= 0.6 is 0 Å². The Morgan fingerprint density at radius 2 is 1.90 bits per heavy atom. The van der Waals surface area contributed by atoms with E-state index in [4.69, 9.17) is 0 Å². The third-order valence-electron chi connectivity index (χ3n) is 2.73. The number of hydrogen-bond acceptors (Lipinski definition) is 4. The van der Waals surface area contributed by atoms with Crippen LogP contribution in [0, 0.1) is 0 Å². The highest BCUT2D eigenvalue weighted by Gasteiger charge is 2.11. The molecule has 0 aliphatic rings. The van der Waals surface area contributed by atoms with Gasteiger partial charge in [-0.25, -0.2) is 4.79 Å². The topological polar surface area (TPSA) is 84.5 Å². The third kappa shape index (κ3) is 5.51. The fourth-order valence-corrected chi connectivity index (χ4v) is 1.66. The quantitative estimate of drug-likeness (QED) is 0.335. The van der Waals surface area contributed by atoms with Gasteiger partial charge in [-0.3, -0.25) is 9.59 Å². The molecule has 2 N–H and O–H groups in total. The Bertz CT molecular complexity index is 457. The van der Waals surface area contributed by atoms with E-state index in [0.717, 1.165) is 30.5 Å². The molecule has 2 amide bonds. The zero-order valence-corrected chi connectivity index (χ0v) is 11.3. The number of carbonyl (C=O) groups is 3. The van der Waals surface area contributed by atoms with Crippen LogP contribution in [0.3, 0.4) is 0 Å². The first-order valence-corrected chi connectivity index (χ1v) is 6.32. The maximum atomic E-state index is 11.1. The molecule has 1 rings (SSSR count). The van der Waals surface area contributed by atoms with Crippen LogP contribution in [0.25, 0.3) is 0 Å². The van der Waals surface area contributed by atoms with Crippen LogP contribution in [0.5, 0.6) is 0 Å². The average Bonchev–Trinajstić information content (AvgIpc) is 2.47. The molecule has 6 heteroatoms. The highest BCUT2D eigenvalue weighted by molar-refractivity contribution is 6.32. The molecular weight excluding hydrogens is 260 g/mol. The lowest BCUT2D eigenvalue weighted by Gasteiger charge is -2.05. The molecule has 0 spiro atoms. The van der Waals surface area contributed by atoms with E-state index in [1.807, 2.05) is 24.3 Å². The van der Waals surface area contributed by atoms with Crippen LogP contribution < -0.4 is 10.6 Å². The first-order valence-electron chi connectivity index (χ1n) is 6.32. The van der Waals surface area contributed by atoms with E-state index in [-0.39, 0.29) is 0 Å². The van der Waals surface area contributed by atoms with Gasteiger partial charge in [0.2, 0.25) is 6.41 Å². The Balaban J connectivity index is 2.19. The number of carbonyl (C=O) groups excluding carboxylic acids is 3. The molecule has 0 radical (unpaired) electrons. The van der Waals surface area contributed by atoms with Crippen molar-refractivity contribution in [2.24, 2.45) is 0 Å². The number of anilines is 1. The Morgan fingerprint density at radius 3 is 2.50 bits per heavy atom. The lowest BCUT2D eigenvalue weighted by molar-refractivity contribution is -0.152. The third-order valence-corrected chi connectivity index (χ3v) is 2.73. The van der Waals surface area contributed by atoms with E-state index < -0.39 is 11.9 Å². The maximum Gasteiger partial charge on any atom is 0.396 e. The molecule has 1 aromatic rings. The molecule has 0 aliphatic heterocycles. The average molecular weight is 278 g/mol. The Morgan fingerprint density at radius 1 is 1.20 bits per heavy atom. The fourth-order valence-electron chi connectivity index (χ4n) is 1.66. The first-order chi connectivity index (χ1) is 9.67. The first kappa shape index (κ1) is 15.7. The minimum absolute atomic E-state index is 0.443. The van der Waals surface area contributed by atoms with Gasteiger partial charge in [0.05, 0.1) is 7.11 Å². The standard InChI is InChI=1S/C14H18N2O4/c1-20-14(19)13(18)15-9-3-2-4-11-5-7-12(8-6-11)16-10-17/h5-8,10H,2-4,9H2,1H3,(H,15,18)(H,16,17). The van der Waals surface area contributed by atoms with Crippen molar-refractivity contribution in [3.63, 3.8) is 0 Å². The van der Waals surface area contributed by atoms with Gasteiger partial charge < -0.3 is 15.4 Å². The second-order valence-corrected chi connectivity index (χ2v) is 4.16. The summed E-state index contributed by atoms with van der Waals surface area (Å²) in [5.41, 5.74) is 1.91. The molecule has 0 heterocycles. The number of nitrogens with one attached hydrogen (secondary N) is 2. The van der Waals surface area contributed by atoms with Crippen molar-refractivity contribution in [2.75, 3.05) is 19.0 Å². The number of esters is 1. The van der Waals surface area contributed by atoms with Gasteiger partial charge in [0.1, 0.15) is 0 Å². The van der Waals surface area contributed by atoms with E-state index in [1.165, 1.54) is 7.11 Å². The van der Waals surface area contributed by atoms with Crippen LogP contribution in [0.2, 0.25) is 0 Å². The van der Waals surface area contributed by atoms with Gasteiger partial charge in [0.15, 0.2) is 0 Å². The monoisotopic (exact) mass is 278 g/mol. The zero-order valence-electron chi connectivity index (χ0n) is 11.3. The summed E-state index contributed by atoms with van der Waals surface area (Å²) in [6.07, 6.45) is 3.17. The smallest absolute Gasteiger partial charge is 0.396 e. The van der Waals surface area contributed by atoms with E-state index in [1.54, 1.807) is 0 Å². The van der Waals surface area contributed by atoms with Gasteiger partial charge in [-0.05, 0) is 37.0 Å². The summed E-state index contributed by atoms with van der Waals surface area (Å²) in [5.74, 6) is -1.58. The highest BCUT2D eigenvalue weighted by atomic mass is 16.5. The highest BCUT2D eigenvalue weighted by Crippen LogP contribution is 2.10. The van der Waals surface area contributed by atoms with Crippen molar-refractivity contribution in [2.45, 2.75) is 19.3 Å². The molecule has 0 bridgehead atoms. The number of benzene rings is 1. The van der Waals surface area contributed by atoms with Crippen LogP contribution in [0.1, 0.15) is 18.4 Å². The molecule has 0 fully saturated rings. The summed E-state index contributed by atoms with van der Waals surface area (Å²) >= 11 is 0. The van der Waals surface area contributed by atoms with Crippen molar-refractivity contribution in [1.29, 1.82) is 0 Å². The minimum atomic E-state index is -0.872. The Labute approximate surface area is 117 Å². The SMILES string of the molecule is COC(=O)C(=O)NCCCCc1ccc(NC=O)cc1. The van der Waals surface area contributed by atoms with Crippen LogP contribution in [-0.4, -0.2) is 31.9 Å². The van der Waals surface area contributed by atoms with Gasteiger partial charge in [-0.15, -0.1) is 0 Å². The number of ether oxygens (including phenoxy) is 1. The van der Waals surface area contributed by atoms with Crippen molar-refractivity contribution in [1.82, 2.24) is 5.32 Å². The molecule has 0 aromatic heterocycles. The van der Waals surface area contributed by atoms with Crippen LogP contribution in [-0.2, 0) is 25.5 Å². The van der Waals surface area contributed by atoms with Crippen molar-refractivity contribution < 1.29 is 19.1 Å². The fraction of sp³-hybridized carbons (Fsp3) is 0.357. The van der Waals surface area contributed by atoms with Gasteiger partial charge >= 0.3 is 11.9 Å².